The minimum absolute atomic E-state index is 0.0288. The van der Waals surface area contributed by atoms with Gasteiger partial charge in [0.25, 0.3) is 0 Å². The molecule has 0 radical (unpaired) electrons. The number of likely N-dealkylation sites (tertiary alicyclic amines) is 1. The molecule has 43 heavy (non-hydrogen) atoms. The smallest absolute Gasteiger partial charge is 0.309 e. The van der Waals surface area contributed by atoms with Crippen LogP contribution in [0.15, 0.2) is 52.3 Å². The number of aliphatic imine (C=N–C) groups is 2. The second-order valence-corrected chi connectivity index (χ2v) is 12.2. The van der Waals surface area contributed by atoms with E-state index in [0.717, 1.165) is 81.9 Å². The first-order valence-electron chi connectivity index (χ1n) is 15.1. The zero-order valence-electron chi connectivity index (χ0n) is 24.9. The summed E-state index contributed by atoms with van der Waals surface area (Å²) < 4.78 is 11.5. The molecule has 3 fully saturated rings. The van der Waals surface area contributed by atoms with Crippen molar-refractivity contribution in [1.29, 1.82) is 0 Å². The van der Waals surface area contributed by atoms with Gasteiger partial charge in [-0.2, -0.15) is 0 Å². The quantitative estimate of drug-likeness (QED) is 0.175. The summed E-state index contributed by atoms with van der Waals surface area (Å²) >= 11 is 12.7. The Morgan fingerprint density at radius 3 is 2.53 bits per heavy atom. The van der Waals surface area contributed by atoms with Gasteiger partial charge in [0.1, 0.15) is 5.76 Å². The standard InChI is InChI=1S/C32H40Cl2N6O3/c1-4-42-31(41)30-26-6-11-39(12-7-27(26)30)20-22-14-28(23-16-24(33)18-25(34)17-23)38-29(15-22)43-21(2)19-37-32(35-3)40-10-5-8-36-9-13-40/h14-19,26-27,30,36H,3-13,20H2,1-2H3/b21-19+,37-32?/t26-,27+,30?. The molecule has 5 rings (SSSR count). The lowest BCUT2D eigenvalue weighted by Crippen LogP contribution is -2.32. The van der Waals surface area contributed by atoms with Crippen LogP contribution in [0.25, 0.3) is 11.3 Å². The van der Waals surface area contributed by atoms with Gasteiger partial charge < -0.3 is 19.7 Å². The van der Waals surface area contributed by atoms with Crippen molar-refractivity contribution in [2.24, 2.45) is 27.7 Å². The number of aromatic nitrogens is 1. The topological polar surface area (TPSA) is 91.7 Å². The van der Waals surface area contributed by atoms with Gasteiger partial charge in [0.2, 0.25) is 11.8 Å². The van der Waals surface area contributed by atoms with E-state index < -0.39 is 0 Å². The van der Waals surface area contributed by atoms with E-state index in [-0.39, 0.29) is 11.9 Å². The molecule has 2 saturated heterocycles. The molecular weight excluding hydrogens is 587 g/mol. The van der Waals surface area contributed by atoms with Gasteiger partial charge >= 0.3 is 5.97 Å². The zero-order valence-corrected chi connectivity index (χ0v) is 26.4. The van der Waals surface area contributed by atoms with Crippen LogP contribution in [-0.2, 0) is 16.1 Å². The van der Waals surface area contributed by atoms with Gasteiger partial charge in [-0.3, -0.25) is 9.69 Å². The van der Waals surface area contributed by atoms with E-state index >= 15 is 0 Å². The number of rotatable bonds is 8. The summed E-state index contributed by atoms with van der Waals surface area (Å²) in [6.45, 7) is 14.0. The molecule has 3 aliphatic rings. The third kappa shape index (κ3) is 8.35. The number of carbonyl (C=O) groups is 1. The molecule has 230 valence electrons. The van der Waals surface area contributed by atoms with E-state index in [1.165, 1.54) is 0 Å². The van der Waals surface area contributed by atoms with Crippen LogP contribution in [-0.4, -0.2) is 79.3 Å². The first kappa shape index (κ1) is 31.4. The summed E-state index contributed by atoms with van der Waals surface area (Å²) in [5.74, 6) is 2.52. The van der Waals surface area contributed by atoms with Crippen molar-refractivity contribution in [3.05, 3.63) is 57.9 Å². The van der Waals surface area contributed by atoms with Crippen molar-refractivity contribution < 1.29 is 14.3 Å². The average molecular weight is 628 g/mol. The number of pyridine rings is 1. The van der Waals surface area contributed by atoms with Crippen LogP contribution >= 0.6 is 23.2 Å². The molecule has 0 bridgehead atoms. The third-order valence-electron chi connectivity index (χ3n) is 8.27. The van der Waals surface area contributed by atoms with Gasteiger partial charge in [-0.05, 0) is 101 Å². The Balaban J connectivity index is 1.33. The molecule has 3 heterocycles. The summed E-state index contributed by atoms with van der Waals surface area (Å²) in [7, 11) is 0. The van der Waals surface area contributed by atoms with Crippen molar-refractivity contribution in [1.82, 2.24) is 20.1 Å². The number of hydrogen-bond donors (Lipinski definition) is 1. The lowest BCUT2D eigenvalue weighted by molar-refractivity contribution is -0.145. The number of fused-ring (bicyclic) bond motifs is 1. The molecule has 2 aliphatic heterocycles. The van der Waals surface area contributed by atoms with Crippen LogP contribution in [0, 0.1) is 17.8 Å². The highest BCUT2D eigenvalue weighted by atomic mass is 35.5. The molecule has 1 aliphatic carbocycles. The fourth-order valence-corrected chi connectivity index (χ4v) is 6.70. The molecule has 1 aromatic carbocycles. The van der Waals surface area contributed by atoms with E-state index in [1.54, 1.807) is 12.3 Å². The zero-order chi connectivity index (χ0) is 30.3. The van der Waals surface area contributed by atoms with Crippen molar-refractivity contribution in [2.75, 3.05) is 45.9 Å². The Hall–Kier alpha value is -2.98. The second kappa shape index (κ2) is 14.7. The van der Waals surface area contributed by atoms with E-state index in [0.29, 0.717) is 46.1 Å². The SMILES string of the molecule is C=NC(=N/C=C(\C)Oc1cc(CN2CC[C@@H]3C(C(=O)OCC)[C@@H]3CC2)cc(-c2cc(Cl)cc(Cl)c2)n1)N1CCCNCC1. The minimum atomic E-state index is -0.0288. The number of nitrogens with zero attached hydrogens (tertiary/aromatic N) is 5. The molecule has 11 heteroatoms. The van der Waals surface area contributed by atoms with Gasteiger partial charge in [0.05, 0.1) is 24.4 Å². The molecule has 1 saturated carbocycles. The fourth-order valence-electron chi connectivity index (χ4n) is 6.17. The molecule has 0 amide bonds. The average Bonchev–Trinajstić information content (AvgIpc) is 3.75. The van der Waals surface area contributed by atoms with Crippen LogP contribution in [0.5, 0.6) is 5.88 Å². The largest absolute Gasteiger partial charge is 0.466 e. The highest BCUT2D eigenvalue weighted by Crippen LogP contribution is 2.53. The van der Waals surface area contributed by atoms with Gasteiger partial charge in [-0.1, -0.05) is 23.2 Å². The second-order valence-electron chi connectivity index (χ2n) is 11.3. The Kier molecular flexibility index (Phi) is 10.7. The molecular formula is C32H40Cl2N6O3. The van der Waals surface area contributed by atoms with Crippen LogP contribution in [0.2, 0.25) is 10.0 Å². The lowest BCUT2D eigenvalue weighted by Gasteiger charge is -2.22. The van der Waals surface area contributed by atoms with Gasteiger partial charge in [-0.25, -0.2) is 15.0 Å². The minimum Gasteiger partial charge on any atom is -0.466 e. The summed E-state index contributed by atoms with van der Waals surface area (Å²) in [6.07, 6.45) is 4.66. The number of esters is 1. The van der Waals surface area contributed by atoms with Crippen molar-refractivity contribution in [3.63, 3.8) is 0 Å². The molecule has 3 atom stereocenters. The number of carbonyl (C=O) groups excluding carboxylic acids is 1. The molecule has 2 aromatic rings. The van der Waals surface area contributed by atoms with Crippen molar-refractivity contribution in [3.8, 4) is 17.1 Å². The van der Waals surface area contributed by atoms with Crippen LogP contribution in [0.4, 0.5) is 0 Å². The third-order valence-corrected chi connectivity index (χ3v) is 8.70. The first-order valence-corrected chi connectivity index (χ1v) is 15.8. The monoisotopic (exact) mass is 626 g/mol. The number of nitrogens with one attached hydrogen (secondary N) is 1. The first-order chi connectivity index (χ1) is 20.8. The van der Waals surface area contributed by atoms with E-state index in [4.69, 9.17) is 37.7 Å². The van der Waals surface area contributed by atoms with Crippen LogP contribution in [0.3, 0.4) is 0 Å². The Morgan fingerprint density at radius 2 is 1.84 bits per heavy atom. The molecule has 1 aromatic heterocycles. The van der Waals surface area contributed by atoms with Gasteiger partial charge in [-0.15, -0.1) is 0 Å². The predicted molar refractivity (Wildman–Crippen MR) is 172 cm³/mol. The van der Waals surface area contributed by atoms with Gasteiger partial charge in [0, 0.05) is 47.9 Å². The number of benzene rings is 1. The van der Waals surface area contributed by atoms with Crippen molar-refractivity contribution >= 4 is 41.8 Å². The summed E-state index contributed by atoms with van der Waals surface area (Å²) in [5, 5.41) is 4.47. The predicted octanol–water partition coefficient (Wildman–Crippen LogP) is 5.67. The highest BCUT2D eigenvalue weighted by molar-refractivity contribution is 6.35. The fraction of sp³-hybridized carbons (Fsp3) is 0.500. The number of hydrogen-bond acceptors (Lipinski definition) is 7. The number of halogens is 2. The molecule has 1 unspecified atom stereocenters. The number of ether oxygens (including phenoxy) is 2. The maximum Gasteiger partial charge on any atom is 0.309 e. The highest BCUT2D eigenvalue weighted by Gasteiger charge is 2.55. The Morgan fingerprint density at radius 1 is 1.09 bits per heavy atom. The molecule has 9 nitrogen and oxygen atoms in total. The molecule has 0 spiro atoms. The van der Waals surface area contributed by atoms with Gasteiger partial charge in [0.15, 0.2) is 0 Å². The van der Waals surface area contributed by atoms with E-state index in [1.807, 2.05) is 32.0 Å². The van der Waals surface area contributed by atoms with Crippen LogP contribution in [0.1, 0.15) is 38.7 Å². The van der Waals surface area contributed by atoms with E-state index in [9.17, 15) is 4.79 Å². The van der Waals surface area contributed by atoms with E-state index in [2.05, 4.69) is 37.9 Å². The maximum absolute atomic E-state index is 12.3. The molecule has 1 N–H and O–H groups in total. The number of allylic oxidation sites excluding steroid dienone is 1. The normalized spacial score (nSPS) is 23.2. The number of guanidine groups is 1. The Bertz CT molecular complexity index is 1340. The summed E-state index contributed by atoms with van der Waals surface area (Å²) in [4.78, 5) is 30.4. The maximum atomic E-state index is 12.3. The van der Waals surface area contributed by atoms with Crippen LogP contribution < -0.4 is 10.1 Å². The lowest BCUT2D eigenvalue weighted by atomic mass is 10.1. The van der Waals surface area contributed by atoms with Crippen molar-refractivity contribution in [2.45, 2.75) is 39.7 Å². The summed E-state index contributed by atoms with van der Waals surface area (Å²) in [5.41, 5.74) is 2.60. The summed E-state index contributed by atoms with van der Waals surface area (Å²) in [6, 6.07) is 9.44. The Labute approximate surface area is 264 Å².